The second-order valence-electron chi connectivity index (χ2n) is 4.71. The van der Waals surface area contributed by atoms with Gasteiger partial charge in [-0.15, -0.1) is 0 Å². The minimum Gasteiger partial charge on any atom is -0.282 e. The minimum atomic E-state index is -0.400. The van der Waals surface area contributed by atoms with Crippen molar-refractivity contribution >= 4 is 11.8 Å². The van der Waals surface area contributed by atoms with Crippen LogP contribution < -0.4 is 10.9 Å². The first-order valence-corrected chi connectivity index (χ1v) is 6.29. The Morgan fingerprint density at radius 2 is 2.00 bits per heavy atom. The van der Waals surface area contributed by atoms with Crippen LogP contribution in [0.5, 0.6) is 0 Å². The molecule has 0 bridgehead atoms. The molecule has 0 aromatic carbocycles. The van der Waals surface area contributed by atoms with Gasteiger partial charge in [0.05, 0.1) is 0 Å². The molecule has 2 amide bonds. The molecule has 1 aromatic rings. The van der Waals surface area contributed by atoms with Crippen molar-refractivity contribution in [2.75, 3.05) is 0 Å². The first-order chi connectivity index (χ1) is 8.66. The van der Waals surface area contributed by atoms with Gasteiger partial charge in [-0.25, -0.2) is 0 Å². The SMILES string of the molecule is Cc1cc(C(=O)NNC(=O)C2CCCCC2)n[nH]1. The number of nitrogens with zero attached hydrogens (tertiary/aromatic N) is 1. The Hall–Kier alpha value is -1.85. The van der Waals surface area contributed by atoms with Crippen molar-refractivity contribution in [3.63, 3.8) is 0 Å². The van der Waals surface area contributed by atoms with E-state index in [1.165, 1.54) is 6.42 Å². The van der Waals surface area contributed by atoms with Crippen molar-refractivity contribution in [2.45, 2.75) is 39.0 Å². The van der Waals surface area contributed by atoms with Crippen molar-refractivity contribution in [1.29, 1.82) is 0 Å². The molecule has 0 saturated heterocycles. The summed E-state index contributed by atoms with van der Waals surface area (Å²) in [6, 6.07) is 1.63. The Morgan fingerprint density at radius 3 is 2.61 bits per heavy atom. The van der Waals surface area contributed by atoms with Crippen molar-refractivity contribution in [1.82, 2.24) is 21.0 Å². The highest BCUT2D eigenvalue weighted by Crippen LogP contribution is 2.23. The Balaban J connectivity index is 1.80. The van der Waals surface area contributed by atoms with Gasteiger partial charge in [-0.3, -0.25) is 25.5 Å². The van der Waals surface area contributed by atoms with E-state index in [-0.39, 0.29) is 17.5 Å². The van der Waals surface area contributed by atoms with E-state index in [9.17, 15) is 9.59 Å². The minimum absolute atomic E-state index is 0.0278. The fraction of sp³-hybridized carbons (Fsp3) is 0.583. The molecule has 0 radical (unpaired) electrons. The summed E-state index contributed by atoms with van der Waals surface area (Å²) < 4.78 is 0. The van der Waals surface area contributed by atoms with Crippen LogP contribution in [0.1, 0.15) is 48.3 Å². The fourth-order valence-corrected chi connectivity index (χ4v) is 2.18. The van der Waals surface area contributed by atoms with Gasteiger partial charge in [-0.2, -0.15) is 5.10 Å². The zero-order valence-corrected chi connectivity index (χ0v) is 10.5. The normalized spacial score (nSPS) is 16.3. The van der Waals surface area contributed by atoms with Gasteiger partial charge in [0.1, 0.15) is 0 Å². The molecule has 1 aromatic heterocycles. The molecular formula is C12H18N4O2. The van der Waals surface area contributed by atoms with Crippen molar-refractivity contribution in [3.05, 3.63) is 17.5 Å². The van der Waals surface area contributed by atoms with Gasteiger partial charge in [-0.05, 0) is 25.8 Å². The van der Waals surface area contributed by atoms with Crippen LogP contribution in [0.25, 0.3) is 0 Å². The Labute approximate surface area is 106 Å². The Bertz CT molecular complexity index is 435. The largest absolute Gasteiger partial charge is 0.290 e. The molecular weight excluding hydrogens is 232 g/mol. The van der Waals surface area contributed by atoms with Gasteiger partial charge < -0.3 is 0 Å². The zero-order chi connectivity index (χ0) is 13.0. The molecule has 6 nitrogen and oxygen atoms in total. The molecule has 6 heteroatoms. The summed E-state index contributed by atoms with van der Waals surface area (Å²) >= 11 is 0. The monoisotopic (exact) mass is 250 g/mol. The van der Waals surface area contributed by atoms with Crippen LogP contribution in [0.4, 0.5) is 0 Å². The van der Waals surface area contributed by atoms with Gasteiger partial charge >= 0.3 is 0 Å². The van der Waals surface area contributed by atoms with Crippen LogP contribution in [0.2, 0.25) is 0 Å². The summed E-state index contributed by atoms with van der Waals surface area (Å²) in [6.07, 6.45) is 5.18. The number of amides is 2. The van der Waals surface area contributed by atoms with Gasteiger partial charge in [0.2, 0.25) is 5.91 Å². The molecule has 0 spiro atoms. The standard InChI is InChI=1S/C12H18N4O2/c1-8-7-10(14-13-8)12(18)16-15-11(17)9-5-3-2-4-6-9/h7,9H,2-6H2,1H3,(H,13,14)(H,15,17)(H,16,18). The summed E-state index contributed by atoms with van der Waals surface area (Å²) in [5.41, 5.74) is 5.93. The van der Waals surface area contributed by atoms with Crippen LogP contribution in [0, 0.1) is 12.8 Å². The summed E-state index contributed by atoms with van der Waals surface area (Å²) in [6.45, 7) is 1.81. The number of aromatic amines is 1. The number of hydrogen-bond donors (Lipinski definition) is 3. The van der Waals surface area contributed by atoms with Gasteiger partial charge in [-0.1, -0.05) is 19.3 Å². The molecule has 1 aliphatic carbocycles. The van der Waals surface area contributed by atoms with E-state index in [1.54, 1.807) is 6.07 Å². The van der Waals surface area contributed by atoms with E-state index in [1.807, 2.05) is 6.92 Å². The Morgan fingerprint density at radius 1 is 1.28 bits per heavy atom. The predicted octanol–water partition coefficient (Wildman–Crippen LogP) is 1.06. The number of carbonyl (C=O) groups is 2. The first-order valence-electron chi connectivity index (χ1n) is 6.29. The first kappa shape index (κ1) is 12.6. The molecule has 98 valence electrons. The van der Waals surface area contributed by atoms with Crippen LogP contribution >= 0.6 is 0 Å². The second-order valence-corrected chi connectivity index (χ2v) is 4.71. The molecule has 1 heterocycles. The van der Waals surface area contributed by atoms with Crippen LogP contribution in [-0.4, -0.2) is 22.0 Å². The third kappa shape index (κ3) is 3.09. The molecule has 0 atom stereocenters. The number of hydrogen-bond acceptors (Lipinski definition) is 3. The maximum Gasteiger partial charge on any atom is 0.290 e. The quantitative estimate of drug-likeness (QED) is 0.686. The third-order valence-electron chi connectivity index (χ3n) is 3.21. The van der Waals surface area contributed by atoms with E-state index in [4.69, 9.17) is 0 Å². The number of rotatable bonds is 2. The molecule has 1 aliphatic rings. The maximum atomic E-state index is 11.8. The van der Waals surface area contributed by atoms with E-state index < -0.39 is 5.91 Å². The van der Waals surface area contributed by atoms with E-state index >= 15 is 0 Å². The smallest absolute Gasteiger partial charge is 0.282 e. The number of aryl methyl sites for hydroxylation is 1. The van der Waals surface area contributed by atoms with Gasteiger partial charge in [0, 0.05) is 11.6 Å². The van der Waals surface area contributed by atoms with E-state index in [0.717, 1.165) is 31.4 Å². The van der Waals surface area contributed by atoms with Crippen LogP contribution in [0.3, 0.4) is 0 Å². The number of carbonyl (C=O) groups excluding carboxylic acids is 2. The maximum absolute atomic E-state index is 11.8. The molecule has 18 heavy (non-hydrogen) atoms. The highest BCUT2D eigenvalue weighted by atomic mass is 16.2. The molecule has 2 rings (SSSR count). The average molecular weight is 250 g/mol. The number of nitrogens with one attached hydrogen (secondary N) is 3. The summed E-state index contributed by atoms with van der Waals surface area (Å²) in [7, 11) is 0. The van der Waals surface area contributed by atoms with Crippen molar-refractivity contribution in [2.24, 2.45) is 5.92 Å². The number of H-pyrrole nitrogens is 1. The van der Waals surface area contributed by atoms with Crippen molar-refractivity contribution < 1.29 is 9.59 Å². The summed E-state index contributed by atoms with van der Waals surface area (Å²) in [5.74, 6) is -0.473. The lowest BCUT2D eigenvalue weighted by Crippen LogP contribution is -2.45. The second kappa shape index (κ2) is 5.66. The Kier molecular flexibility index (Phi) is 3.96. The summed E-state index contributed by atoms with van der Waals surface area (Å²) in [5, 5.41) is 6.49. The molecule has 1 fully saturated rings. The van der Waals surface area contributed by atoms with Crippen molar-refractivity contribution in [3.8, 4) is 0 Å². The molecule has 0 aliphatic heterocycles. The lowest BCUT2D eigenvalue weighted by Gasteiger charge is -2.20. The van der Waals surface area contributed by atoms with Crippen LogP contribution in [-0.2, 0) is 4.79 Å². The fourth-order valence-electron chi connectivity index (χ4n) is 2.18. The number of hydrazine groups is 1. The van der Waals surface area contributed by atoms with Gasteiger partial charge in [0.15, 0.2) is 5.69 Å². The highest BCUT2D eigenvalue weighted by Gasteiger charge is 2.21. The topological polar surface area (TPSA) is 86.9 Å². The van der Waals surface area contributed by atoms with E-state index in [0.29, 0.717) is 0 Å². The molecule has 1 saturated carbocycles. The molecule has 3 N–H and O–H groups in total. The lowest BCUT2D eigenvalue weighted by molar-refractivity contribution is -0.126. The third-order valence-corrected chi connectivity index (χ3v) is 3.21. The molecule has 0 unspecified atom stereocenters. The van der Waals surface area contributed by atoms with Gasteiger partial charge in [0.25, 0.3) is 5.91 Å². The lowest BCUT2D eigenvalue weighted by atomic mass is 9.89. The zero-order valence-electron chi connectivity index (χ0n) is 10.5. The average Bonchev–Trinajstić information content (AvgIpc) is 2.83. The van der Waals surface area contributed by atoms with Crippen LogP contribution in [0.15, 0.2) is 6.07 Å². The van der Waals surface area contributed by atoms with E-state index in [2.05, 4.69) is 21.0 Å². The highest BCUT2D eigenvalue weighted by molar-refractivity contribution is 5.93. The predicted molar refractivity (Wildman–Crippen MR) is 65.5 cm³/mol. The summed E-state index contributed by atoms with van der Waals surface area (Å²) in [4.78, 5) is 23.4. The number of aromatic nitrogens is 2.